The summed E-state index contributed by atoms with van der Waals surface area (Å²) in [6.07, 6.45) is 0.831. The third kappa shape index (κ3) is 1.52. The van der Waals surface area contributed by atoms with Crippen LogP contribution < -0.4 is 5.73 Å². The van der Waals surface area contributed by atoms with Crippen LogP contribution in [0.1, 0.15) is 24.8 Å². The van der Waals surface area contributed by atoms with E-state index in [0.717, 1.165) is 17.0 Å². The fourth-order valence-electron chi connectivity index (χ4n) is 0.999. The highest BCUT2D eigenvalue weighted by molar-refractivity contribution is 7.14. The largest absolute Gasteiger partial charge is 0.390 e. The standard InChI is InChI=1S/C8H10N2S/c1-2-6(5-9)7-3-4-11-8(7)10/h3-4,6H,2,10H2,1H3. The fourth-order valence-corrected chi connectivity index (χ4v) is 1.71. The van der Waals surface area contributed by atoms with Crippen molar-refractivity contribution < 1.29 is 0 Å². The molecular formula is C8H10N2S. The summed E-state index contributed by atoms with van der Waals surface area (Å²) in [4.78, 5) is 0. The number of hydrogen-bond acceptors (Lipinski definition) is 3. The van der Waals surface area contributed by atoms with Crippen LogP contribution in [0.4, 0.5) is 5.00 Å². The molecule has 1 heterocycles. The van der Waals surface area contributed by atoms with Crippen LogP contribution in [0.15, 0.2) is 11.4 Å². The van der Waals surface area contributed by atoms with Crippen LogP contribution in [0.3, 0.4) is 0 Å². The van der Waals surface area contributed by atoms with Crippen LogP contribution >= 0.6 is 11.3 Å². The van der Waals surface area contributed by atoms with Gasteiger partial charge in [-0.05, 0) is 17.9 Å². The van der Waals surface area contributed by atoms with Crippen molar-refractivity contribution in [1.29, 1.82) is 5.26 Å². The lowest BCUT2D eigenvalue weighted by molar-refractivity contribution is 0.824. The van der Waals surface area contributed by atoms with Gasteiger partial charge >= 0.3 is 0 Å². The molecule has 0 aliphatic heterocycles. The first-order chi connectivity index (χ1) is 5.29. The molecule has 0 fully saturated rings. The first-order valence-electron chi connectivity index (χ1n) is 3.52. The van der Waals surface area contributed by atoms with Crippen molar-refractivity contribution in [3.8, 4) is 6.07 Å². The van der Waals surface area contributed by atoms with E-state index in [1.54, 1.807) is 0 Å². The van der Waals surface area contributed by atoms with Crippen LogP contribution in [0.2, 0.25) is 0 Å². The van der Waals surface area contributed by atoms with Crippen LogP contribution in [0.5, 0.6) is 0 Å². The highest BCUT2D eigenvalue weighted by Gasteiger charge is 2.11. The maximum absolute atomic E-state index is 8.72. The molecule has 11 heavy (non-hydrogen) atoms. The molecule has 1 atom stereocenters. The topological polar surface area (TPSA) is 49.8 Å². The molecule has 0 aliphatic carbocycles. The molecule has 0 spiro atoms. The molecule has 0 aliphatic rings. The van der Waals surface area contributed by atoms with Crippen LogP contribution in [0, 0.1) is 11.3 Å². The number of nitrogens with two attached hydrogens (primary N) is 1. The first-order valence-corrected chi connectivity index (χ1v) is 4.40. The van der Waals surface area contributed by atoms with E-state index in [0.29, 0.717) is 0 Å². The highest BCUT2D eigenvalue weighted by atomic mass is 32.1. The summed E-state index contributed by atoms with van der Waals surface area (Å²) in [7, 11) is 0. The molecule has 0 saturated heterocycles. The Bertz CT molecular complexity index is 272. The fraction of sp³-hybridized carbons (Fsp3) is 0.375. The Kier molecular flexibility index (Phi) is 2.50. The zero-order valence-electron chi connectivity index (χ0n) is 6.37. The third-order valence-electron chi connectivity index (χ3n) is 1.67. The summed E-state index contributed by atoms with van der Waals surface area (Å²) in [5.74, 6) is -0.0266. The molecular weight excluding hydrogens is 156 g/mol. The molecule has 2 N–H and O–H groups in total. The SMILES string of the molecule is CCC(C#N)c1ccsc1N. The van der Waals surface area contributed by atoms with Crippen LogP contribution in [0.25, 0.3) is 0 Å². The van der Waals surface area contributed by atoms with Gasteiger partial charge in [0.05, 0.1) is 17.0 Å². The van der Waals surface area contributed by atoms with Gasteiger partial charge in [-0.15, -0.1) is 11.3 Å². The number of hydrogen-bond donors (Lipinski definition) is 1. The molecule has 0 aromatic carbocycles. The van der Waals surface area contributed by atoms with Gasteiger partial charge in [-0.25, -0.2) is 0 Å². The predicted octanol–water partition coefficient (Wildman–Crippen LogP) is 2.35. The Morgan fingerprint density at radius 3 is 2.91 bits per heavy atom. The summed E-state index contributed by atoms with van der Waals surface area (Å²) < 4.78 is 0. The summed E-state index contributed by atoms with van der Waals surface area (Å²) in [5.41, 5.74) is 6.65. The van der Waals surface area contributed by atoms with Gasteiger partial charge in [0.1, 0.15) is 0 Å². The lowest BCUT2D eigenvalue weighted by atomic mass is 10.0. The van der Waals surface area contributed by atoms with Crippen molar-refractivity contribution in [3.05, 3.63) is 17.0 Å². The second kappa shape index (κ2) is 3.40. The number of nitriles is 1. The molecule has 2 nitrogen and oxygen atoms in total. The van der Waals surface area contributed by atoms with Gasteiger partial charge in [-0.3, -0.25) is 0 Å². The van der Waals surface area contributed by atoms with Gasteiger partial charge in [0.25, 0.3) is 0 Å². The predicted molar refractivity (Wildman–Crippen MR) is 47.4 cm³/mol. The smallest absolute Gasteiger partial charge is 0.0902 e. The van der Waals surface area contributed by atoms with E-state index in [1.165, 1.54) is 11.3 Å². The van der Waals surface area contributed by atoms with E-state index >= 15 is 0 Å². The Morgan fingerprint density at radius 1 is 1.82 bits per heavy atom. The van der Waals surface area contributed by atoms with Crippen LogP contribution in [-0.4, -0.2) is 0 Å². The quantitative estimate of drug-likeness (QED) is 0.733. The van der Waals surface area contributed by atoms with E-state index in [2.05, 4.69) is 6.07 Å². The second-order valence-corrected chi connectivity index (χ2v) is 3.28. The van der Waals surface area contributed by atoms with Crippen molar-refractivity contribution in [2.75, 3.05) is 5.73 Å². The molecule has 3 heteroatoms. The molecule has 1 unspecified atom stereocenters. The van der Waals surface area contributed by atoms with E-state index in [9.17, 15) is 0 Å². The lowest BCUT2D eigenvalue weighted by Gasteiger charge is -2.02. The minimum absolute atomic E-state index is 0.0266. The highest BCUT2D eigenvalue weighted by Crippen LogP contribution is 2.28. The molecule has 0 bridgehead atoms. The Hall–Kier alpha value is -1.01. The van der Waals surface area contributed by atoms with Gasteiger partial charge < -0.3 is 5.73 Å². The summed E-state index contributed by atoms with van der Waals surface area (Å²) in [6.45, 7) is 1.99. The van der Waals surface area contributed by atoms with Crippen molar-refractivity contribution >= 4 is 16.3 Å². The van der Waals surface area contributed by atoms with Crippen molar-refractivity contribution in [2.24, 2.45) is 0 Å². The molecule has 1 aromatic rings. The van der Waals surface area contributed by atoms with Gasteiger partial charge in [0.2, 0.25) is 0 Å². The van der Waals surface area contributed by atoms with Crippen molar-refractivity contribution in [3.63, 3.8) is 0 Å². The molecule has 58 valence electrons. The molecule has 0 saturated carbocycles. The van der Waals surface area contributed by atoms with E-state index < -0.39 is 0 Å². The normalized spacial score (nSPS) is 12.4. The third-order valence-corrected chi connectivity index (χ3v) is 2.43. The van der Waals surface area contributed by atoms with Gasteiger partial charge in [0, 0.05) is 5.56 Å². The van der Waals surface area contributed by atoms with Gasteiger partial charge in [-0.2, -0.15) is 5.26 Å². The summed E-state index contributed by atoms with van der Waals surface area (Å²) >= 11 is 1.49. The minimum atomic E-state index is -0.0266. The molecule has 0 radical (unpaired) electrons. The average Bonchev–Trinajstić information content (AvgIpc) is 2.40. The van der Waals surface area contributed by atoms with Gasteiger partial charge in [-0.1, -0.05) is 6.92 Å². The Labute approximate surface area is 70.3 Å². The number of nitrogens with zero attached hydrogens (tertiary/aromatic N) is 1. The number of anilines is 1. The lowest BCUT2D eigenvalue weighted by Crippen LogP contribution is -1.95. The van der Waals surface area contributed by atoms with Gasteiger partial charge in [0.15, 0.2) is 0 Å². The monoisotopic (exact) mass is 166 g/mol. The second-order valence-electron chi connectivity index (χ2n) is 2.33. The zero-order valence-corrected chi connectivity index (χ0v) is 7.19. The van der Waals surface area contributed by atoms with E-state index in [4.69, 9.17) is 11.0 Å². The van der Waals surface area contributed by atoms with Crippen molar-refractivity contribution in [2.45, 2.75) is 19.3 Å². The van der Waals surface area contributed by atoms with Crippen LogP contribution in [-0.2, 0) is 0 Å². The average molecular weight is 166 g/mol. The maximum Gasteiger partial charge on any atom is 0.0902 e. The molecule has 1 rings (SSSR count). The minimum Gasteiger partial charge on any atom is -0.390 e. The number of thiophene rings is 1. The molecule has 0 amide bonds. The Morgan fingerprint density at radius 2 is 2.55 bits per heavy atom. The first kappa shape index (κ1) is 8.09. The maximum atomic E-state index is 8.72. The Balaban J connectivity index is 2.92. The summed E-state index contributed by atoms with van der Waals surface area (Å²) in [6, 6.07) is 4.15. The number of nitrogen functional groups attached to an aromatic ring is 1. The van der Waals surface area contributed by atoms with E-state index in [1.807, 2.05) is 18.4 Å². The number of rotatable bonds is 2. The zero-order chi connectivity index (χ0) is 8.27. The van der Waals surface area contributed by atoms with Crippen molar-refractivity contribution in [1.82, 2.24) is 0 Å². The summed E-state index contributed by atoms with van der Waals surface area (Å²) in [5, 5.41) is 11.4. The van der Waals surface area contributed by atoms with E-state index in [-0.39, 0.29) is 5.92 Å². The molecule has 1 aromatic heterocycles.